The van der Waals surface area contributed by atoms with Crippen LogP contribution in [0.2, 0.25) is 0 Å². The number of hydrogen-bond acceptors (Lipinski definition) is 4. The van der Waals surface area contributed by atoms with E-state index in [2.05, 4.69) is 15.5 Å². The Morgan fingerprint density at radius 2 is 2.20 bits per heavy atom. The van der Waals surface area contributed by atoms with Gasteiger partial charge in [-0.3, -0.25) is 0 Å². The molecule has 0 saturated heterocycles. The van der Waals surface area contributed by atoms with Crippen LogP contribution >= 0.6 is 0 Å². The lowest BCUT2D eigenvalue weighted by Gasteiger charge is -2.08. The summed E-state index contributed by atoms with van der Waals surface area (Å²) in [5.41, 5.74) is 0.970. The SMILES string of the molecule is CC(C)Oc1ccc(CNC2CC2)nn1. The molecule has 0 unspecified atom stereocenters. The number of nitrogens with zero attached hydrogens (tertiary/aromatic N) is 2. The van der Waals surface area contributed by atoms with Crippen molar-refractivity contribution < 1.29 is 4.74 Å². The van der Waals surface area contributed by atoms with Gasteiger partial charge in [0, 0.05) is 18.7 Å². The van der Waals surface area contributed by atoms with Crippen LogP contribution in [0.4, 0.5) is 0 Å². The van der Waals surface area contributed by atoms with Crippen molar-refractivity contribution in [3.05, 3.63) is 17.8 Å². The Labute approximate surface area is 90.1 Å². The summed E-state index contributed by atoms with van der Waals surface area (Å²) in [4.78, 5) is 0. The molecule has 1 aromatic heterocycles. The van der Waals surface area contributed by atoms with Gasteiger partial charge >= 0.3 is 0 Å². The molecule has 1 aromatic rings. The van der Waals surface area contributed by atoms with Crippen molar-refractivity contribution in [1.82, 2.24) is 15.5 Å². The molecule has 1 heterocycles. The number of rotatable bonds is 5. The number of ether oxygens (including phenoxy) is 1. The molecule has 2 rings (SSSR count). The van der Waals surface area contributed by atoms with Crippen LogP contribution in [-0.4, -0.2) is 22.3 Å². The highest BCUT2D eigenvalue weighted by Gasteiger charge is 2.20. The molecule has 1 N–H and O–H groups in total. The molecule has 0 atom stereocenters. The van der Waals surface area contributed by atoms with Crippen molar-refractivity contribution in [2.24, 2.45) is 0 Å². The van der Waals surface area contributed by atoms with Crippen molar-refractivity contribution in [1.29, 1.82) is 0 Å². The fourth-order valence-corrected chi connectivity index (χ4v) is 1.28. The highest BCUT2D eigenvalue weighted by Crippen LogP contribution is 2.19. The summed E-state index contributed by atoms with van der Waals surface area (Å²) in [6.07, 6.45) is 2.74. The van der Waals surface area contributed by atoms with E-state index in [4.69, 9.17) is 4.74 Å². The first kappa shape index (κ1) is 10.4. The van der Waals surface area contributed by atoms with Gasteiger partial charge in [-0.2, -0.15) is 5.10 Å². The Hall–Kier alpha value is -1.16. The minimum absolute atomic E-state index is 0.148. The van der Waals surface area contributed by atoms with Crippen molar-refractivity contribution in [3.8, 4) is 5.88 Å². The van der Waals surface area contributed by atoms with Crippen molar-refractivity contribution in [2.45, 2.75) is 45.4 Å². The van der Waals surface area contributed by atoms with Crippen LogP contribution in [-0.2, 0) is 6.54 Å². The Morgan fingerprint density at radius 1 is 1.40 bits per heavy atom. The van der Waals surface area contributed by atoms with Crippen LogP contribution in [0.3, 0.4) is 0 Å². The molecule has 1 aliphatic rings. The molecule has 1 aliphatic carbocycles. The summed E-state index contributed by atoms with van der Waals surface area (Å²) in [6, 6.07) is 4.54. The monoisotopic (exact) mass is 207 g/mol. The number of aromatic nitrogens is 2. The quantitative estimate of drug-likeness (QED) is 0.795. The molecule has 0 aliphatic heterocycles. The summed E-state index contributed by atoms with van der Waals surface area (Å²) in [5, 5.41) is 11.5. The van der Waals surface area contributed by atoms with E-state index in [0.717, 1.165) is 12.2 Å². The highest BCUT2D eigenvalue weighted by molar-refractivity contribution is 5.11. The Kier molecular flexibility index (Phi) is 3.16. The summed E-state index contributed by atoms with van der Waals surface area (Å²) < 4.78 is 5.41. The van der Waals surface area contributed by atoms with Crippen LogP contribution < -0.4 is 10.1 Å². The number of hydrogen-bond donors (Lipinski definition) is 1. The van der Waals surface area contributed by atoms with Gasteiger partial charge in [-0.1, -0.05) is 0 Å². The molecule has 1 fully saturated rings. The molecule has 4 nitrogen and oxygen atoms in total. The molecule has 0 spiro atoms. The van der Waals surface area contributed by atoms with E-state index in [1.54, 1.807) is 0 Å². The van der Waals surface area contributed by atoms with E-state index in [-0.39, 0.29) is 6.10 Å². The zero-order chi connectivity index (χ0) is 10.7. The third-order valence-corrected chi connectivity index (χ3v) is 2.20. The molecule has 0 radical (unpaired) electrons. The minimum atomic E-state index is 0.148. The van der Waals surface area contributed by atoms with Crippen LogP contribution in [0.5, 0.6) is 5.88 Å². The van der Waals surface area contributed by atoms with E-state index in [1.165, 1.54) is 12.8 Å². The van der Waals surface area contributed by atoms with Gasteiger partial charge in [0.05, 0.1) is 11.8 Å². The zero-order valence-electron chi connectivity index (χ0n) is 9.23. The van der Waals surface area contributed by atoms with Gasteiger partial charge in [-0.05, 0) is 32.8 Å². The van der Waals surface area contributed by atoms with Crippen molar-refractivity contribution >= 4 is 0 Å². The van der Waals surface area contributed by atoms with Gasteiger partial charge in [-0.25, -0.2) is 0 Å². The Morgan fingerprint density at radius 3 is 2.73 bits per heavy atom. The molecule has 4 heteroatoms. The second-order valence-electron chi connectivity index (χ2n) is 4.18. The fraction of sp³-hybridized carbons (Fsp3) is 0.636. The van der Waals surface area contributed by atoms with E-state index >= 15 is 0 Å². The van der Waals surface area contributed by atoms with E-state index in [9.17, 15) is 0 Å². The largest absolute Gasteiger partial charge is 0.474 e. The normalized spacial score (nSPS) is 15.7. The maximum absolute atomic E-state index is 5.41. The van der Waals surface area contributed by atoms with Crippen molar-refractivity contribution in [2.75, 3.05) is 0 Å². The van der Waals surface area contributed by atoms with Gasteiger partial charge in [0.25, 0.3) is 0 Å². The molecule has 1 saturated carbocycles. The van der Waals surface area contributed by atoms with Crippen LogP contribution in [0.15, 0.2) is 12.1 Å². The molecule has 0 amide bonds. The van der Waals surface area contributed by atoms with Crippen molar-refractivity contribution in [3.63, 3.8) is 0 Å². The summed E-state index contributed by atoms with van der Waals surface area (Å²) >= 11 is 0. The lowest BCUT2D eigenvalue weighted by molar-refractivity contribution is 0.229. The number of nitrogens with one attached hydrogen (secondary N) is 1. The first-order valence-corrected chi connectivity index (χ1v) is 5.46. The first-order chi connectivity index (χ1) is 7.24. The standard InChI is InChI=1S/C11H17N3O/c1-8(2)15-11-6-5-10(13-14-11)7-12-9-3-4-9/h5-6,8-9,12H,3-4,7H2,1-2H3. The first-order valence-electron chi connectivity index (χ1n) is 5.46. The highest BCUT2D eigenvalue weighted by atomic mass is 16.5. The fourth-order valence-electron chi connectivity index (χ4n) is 1.28. The average Bonchev–Trinajstić information content (AvgIpc) is 2.99. The lowest BCUT2D eigenvalue weighted by Crippen LogP contribution is -2.16. The second kappa shape index (κ2) is 4.57. The molecule has 82 valence electrons. The molecular weight excluding hydrogens is 190 g/mol. The Bertz CT molecular complexity index is 306. The summed E-state index contributed by atoms with van der Waals surface area (Å²) in [5.74, 6) is 0.597. The third-order valence-electron chi connectivity index (χ3n) is 2.20. The molecule has 0 aromatic carbocycles. The Balaban J connectivity index is 1.85. The third kappa shape index (κ3) is 3.47. The van der Waals surface area contributed by atoms with Gasteiger partial charge in [0.15, 0.2) is 0 Å². The average molecular weight is 207 g/mol. The lowest BCUT2D eigenvalue weighted by atomic mass is 10.4. The molecule has 15 heavy (non-hydrogen) atoms. The van der Waals surface area contributed by atoms with E-state index in [0.29, 0.717) is 11.9 Å². The topological polar surface area (TPSA) is 47.0 Å². The second-order valence-corrected chi connectivity index (χ2v) is 4.18. The molecular formula is C11H17N3O. The minimum Gasteiger partial charge on any atom is -0.474 e. The van der Waals surface area contributed by atoms with E-state index < -0.39 is 0 Å². The van der Waals surface area contributed by atoms with Crippen LogP contribution in [0.1, 0.15) is 32.4 Å². The van der Waals surface area contributed by atoms with Crippen LogP contribution in [0, 0.1) is 0 Å². The smallest absolute Gasteiger partial charge is 0.233 e. The molecule has 0 bridgehead atoms. The van der Waals surface area contributed by atoms with Crippen LogP contribution in [0.25, 0.3) is 0 Å². The van der Waals surface area contributed by atoms with E-state index in [1.807, 2.05) is 26.0 Å². The van der Waals surface area contributed by atoms with Gasteiger partial charge in [0.1, 0.15) is 0 Å². The maximum atomic E-state index is 5.41. The predicted octanol–water partition coefficient (Wildman–Crippen LogP) is 1.52. The maximum Gasteiger partial charge on any atom is 0.233 e. The van der Waals surface area contributed by atoms with Gasteiger partial charge < -0.3 is 10.1 Å². The van der Waals surface area contributed by atoms with Gasteiger partial charge in [-0.15, -0.1) is 5.10 Å². The summed E-state index contributed by atoms with van der Waals surface area (Å²) in [6.45, 7) is 4.76. The van der Waals surface area contributed by atoms with Gasteiger partial charge in [0.2, 0.25) is 5.88 Å². The zero-order valence-corrected chi connectivity index (χ0v) is 9.23. The summed E-state index contributed by atoms with van der Waals surface area (Å²) in [7, 11) is 0. The predicted molar refractivity (Wildman–Crippen MR) is 57.7 cm³/mol.